The van der Waals surface area contributed by atoms with E-state index in [4.69, 9.17) is 4.98 Å². The Bertz CT molecular complexity index is 493. The molecular formula is C17H28N2S. The van der Waals surface area contributed by atoms with Crippen molar-refractivity contribution in [1.29, 1.82) is 0 Å². The van der Waals surface area contributed by atoms with Gasteiger partial charge < -0.3 is 5.32 Å². The molecule has 2 aliphatic rings. The minimum absolute atomic E-state index is 0.152. The summed E-state index contributed by atoms with van der Waals surface area (Å²) in [4.78, 5) is 5.04. The Balaban J connectivity index is 1.91. The Morgan fingerprint density at radius 1 is 1.25 bits per heavy atom. The van der Waals surface area contributed by atoms with Gasteiger partial charge in [-0.1, -0.05) is 34.6 Å². The van der Waals surface area contributed by atoms with Gasteiger partial charge in [0.15, 0.2) is 0 Å². The minimum atomic E-state index is 0.152. The molecule has 0 aromatic carbocycles. The molecule has 3 heteroatoms. The van der Waals surface area contributed by atoms with E-state index >= 15 is 0 Å². The van der Waals surface area contributed by atoms with E-state index in [1.807, 2.05) is 11.3 Å². The Kier molecular flexibility index (Phi) is 3.30. The molecule has 2 fully saturated rings. The lowest BCUT2D eigenvalue weighted by atomic mass is 9.87. The molecule has 0 spiro atoms. The second-order valence-corrected chi connectivity index (χ2v) is 9.49. The van der Waals surface area contributed by atoms with Crippen LogP contribution >= 0.6 is 11.3 Å². The molecule has 0 aliphatic heterocycles. The molecule has 1 heterocycles. The van der Waals surface area contributed by atoms with Crippen molar-refractivity contribution in [3.05, 3.63) is 16.1 Å². The summed E-state index contributed by atoms with van der Waals surface area (Å²) in [5.74, 6) is 0. The third-order valence-electron chi connectivity index (χ3n) is 4.75. The third kappa shape index (κ3) is 2.80. The summed E-state index contributed by atoms with van der Waals surface area (Å²) in [6.45, 7) is 11.6. The fourth-order valence-electron chi connectivity index (χ4n) is 3.37. The van der Waals surface area contributed by atoms with Gasteiger partial charge in [0.25, 0.3) is 0 Å². The predicted molar refractivity (Wildman–Crippen MR) is 86.3 cm³/mol. The van der Waals surface area contributed by atoms with E-state index < -0.39 is 0 Å². The van der Waals surface area contributed by atoms with Gasteiger partial charge in [-0.2, -0.15) is 0 Å². The van der Waals surface area contributed by atoms with Crippen molar-refractivity contribution in [1.82, 2.24) is 10.3 Å². The average molecular weight is 292 g/mol. The van der Waals surface area contributed by atoms with Crippen LogP contribution in [0.3, 0.4) is 0 Å². The van der Waals surface area contributed by atoms with Gasteiger partial charge >= 0.3 is 0 Å². The van der Waals surface area contributed by atoms with Gasteiger partial charge in [0.2, 0.25) is 0 Å². The summed E-state index contributed by atoms with van der Waals surface area (Å²) in [6, 6.07) is 0.742. The first kappa shape index (κ1) is 14.5. The molecule has 3 rings (SSSR count). The van der Waals surface area contributed by atoms with Crippen molar-refractivity contribution < 1.29 is 0 Å². The van der Waals surface area contributed by atoms with Crippen LogP contribution in [0.15, 0.2) is 5.38 Å². The number of hydrogen-bond donors (Lipinski definition) is 1. The zero-order chi connectivity index (χ0) is 14.6. The van der Waals surface area contributed by atoms with Crippen LogP contribution in [0.4, 0.5) is 0 Å². The van der Waals surface area contributed by atoms with Crippen LogP contribution in [-0.2, 0) is 11.0 Å². The van der Waals surface area contributed by atoms with Gasteiger partial charge in [0, 0.05) is 16.8 Å². The van der Waals surface area contributed by atoms with E-state index in [-0.39, 0.29) is 11.0 Å². The molecule has 0 radical (unpaired) electrons. The number of thiazole rings is 1. The third-order valence-corrected chi connectivity index (χ3v) is 5.80. The Labute approximate surface area is 127 Å². The van der Waals surface area contributed by atoms with Crippen LogP contribution in [0, 0.1) is 5.41 Å². The van der Waals surface area contributed by atoms with Crippen LogP contribution in [0.2, 0.25) is 0 Å². The van der Waals surface area contributed by atoms with Gasteiger partial charge in [0.05, 0.1) is 11.2 Å². The van der Waals surface area contributed by atoms with E-state index in [9.17, 15) is 0 Å². The molecule has 1 unspecified atom stereocenters. The number of aromatic nitrogens is 1. The highest BCUT2D eigenvalue weighted by Crippen LogP contribution is 2.51. The second kappa shape index (κ2) is 4.54. The number of nitrogens with one attached hydrogen (secondary N) is 1. The van der Waals surface area contributed by atoms with E-state index in [2.05, 4.69) is 45.3 Å². The lowest BCUT2D eigenvalue weighted by Gasteiger charge is -2.31. The number of hydrogen-bond acceptors (Lipinski definition) is 3. The summed E-state index contributed by atoms with van der Waals surface area (Å²) < 4.78 is 0. The molecule has 2 aliphatic carbocycles. The highest BCUT2D eigenvalue weighted by molar-refractivity contribution is 7.09. The standard InChI is InChI=1S/C17H28N2S/c1-15(2,3)13-10-20-14(18-13)17(19-12-6-7-12)9-8-16(4,5)11-17/h10,12,19H,6-9,11H2,1-5H3. The van der Waals surface area contributed by atoms with Gasteiger partial charge in [-0.3, -0.25) is 0 Å². The molecule has 1 aromatic heterocycles. The zero-order valence-electron chi connectivity index (χ0n) is 13.5. The zero-order valence-corrected chi connectivity index (χ0v) is 14.4. The van der Waals surface area contributed by atoms with Gasteiger partial charge in [-0.15, -0.1) is 11.3 Å². The highest BCUT2D eigenvalue weighted by atomic mass is 32.1. The molecule has 1 atom stereocenters. The van der Waals surface area contributed by atoms with Crippen molar-refractivity contribution >= 4 is 11.3 Å². The van der Waals surface area contributed by atoms with Crippen LogP contribution in [0.25, 0.3) is 0 Å². The molecule has 112 valence electrons. The quantitative estimate of drug-likeness (QED) is 0.881. The summed E-state index contributed by atoms with van der Waals surface area (Å²) in [6.07, 6.45) is 6.47. The number of nitrogens with zero attached hydrogens (tertiary/aromatic N) is 1. The maximum atomic E-state index is 5.04. The Morgan fingerprint density at radius 3 is 2.40 bits per heavy atom. The lowest BCUT2D eigenvalue weighted by molar-refractivity contribution is 0.284. The molecule has 1 N–H and O–H groups in total. The van der Waals surface area contributed by atoms with E-state index in [0.29, 0.717) is 5.41 Å². The Morgan fingerprint density at radius 2 is 1.95 bits per heavy atom. The van der Waals surface area contributed by atoms with Gasteiger partial charge in [0.1, 0.15) is 5.01 Å². The highest BCUT2D eigenvalue weighted by Gasteiger charge is 2.48. The summed E-state index contributed by atoms with van der Waals surface area (Å²) in [7, 11) is 0. The molecule has 20 heavy (non-hydrogen) atoms. The largest absolute Gasteiger partial charge is 0.303 e. The SMILES string of the molecule is CC1(C)CCC(NC2CC2)(c2nc(C(C)(C)C)cs2)C1. The first-order valence-corrected chi connectivity index (χ1v) is 8.82. The molecule has 0 saturated heterocycles. The molecule has 2 nitrogen and oxygen atoms in total. The molecule has 0 bridgehead atoms. The summed E-state index contributed by atoms with van der Waals surface area (Å²) >= 11 is 1.87. The first-order valence-electron chi connectivity index (χ1n) is 7.95. The van der Waals surface area contributed by atoms with Crippen LogP contribution in [0.1, 0.15) is 77.4 Å². The maximum absolute atomic E-state index is 5.04. The van der Waals surface area contributed by atoms with Gasteiger partial charge in [-0.25, -0.2) is 4.98 Å². The fourth-order valence-corrected chi connectivity index (χ4v) is 4.61. The summed E-state index contributed by atoms with van der Waals surface area (Å²) in [5.41, 5.74) is 2.00. The first-order chi connectivity index (χ1) is 9.20. The monoisotopic (exact) mass is 292 g/mol. The normalized spacial score (nSPS) is 29.9. The van der Waals surface area contributed by atoms with Crippen LogP contribution < -0.4 is 5.32 Å². The van der Waals surface area contributed by atoms with Crippen molar-refractivity contribution in [3.63, 3.8) is 0 Å². The van der Waals surface area contributed by atoms with Crippen molar-refractivity contribution in [2.75, 3.05) is 0 Å². The van der Waals surface area contributed by atoms with Crippen LogP contribution in [-0.4, -0.2) is 11.0 Å². The minimum Gasteiger partial charge on any atom is -0.303 e. The van der Waals surface area contributed by atoms with E-state index in [1.54, 1.807) is 0 Å². The van der Waals surface area contributed by atoms with Crippen molar-refractivity contribution in [3.8, 4) is 0 Å². The van der Waals surface area contributed by atoms with Gasteiger partial charge in [-0.05, 0) is 37.5 Å². The molecule has 2 saturated carbocycles. The van der Waals surface area contributed by atoms with Crippen molar-refractivity contribution in [2.24, 2.45) is 5.41 Å². The molecule has 0 amide bonds. The van der Waals surface area contributed by atoms with E-state index in [1.165, 1.54) is 42.8 Å². The maximum Gasteiger partial charge on any atom is 0.113 e. The molecular weight excluding hydrogens is 264 g/mol. The fraction of sp³-hybridized carbons (Fsp3) is 0.824. The molecule has 1 aromatic rings. The summed E-state index contributed by atoms with van der Waals surface area (Å²) in [5, 5.41) is 7.56. The Hall–Kier alpha value is -0.410. The predicted octanol–water partition coefficient (Wildman–Crippen LogP) is 4.60. The van der Waals surface area contributed by atoms with E-state index in [0.717, 1.165) is 6.04 Å². The second-order valence-electron chi connectivity index (χ2n) is 8.63. The van der Waals surface area contributed by atoms with Crippen molar-refractivity contribution in [2.45, 2.75) is 83.7 Å². The lowest BCUT2D eigenvalue weighted by Crippen LogP contribution is -2.42. The topological polar surface area (TPSA) is 24.9 Å². The number of rotatable bonds is 3. The van der Waals surface area contributed by atoms with Crippen LogP contribution in [0.5, 0.6) is 0 Å². The smallest absolute Gasteiger partial charge is 0.113 e. The average Bonchev–Trinajstić information content (AvgIpc) is 2.87.